The molecule has 1 heteroatoms. The van der Waals surface area contributed by atoms with Crippen molar-refractivity contribution in [3.8, 4) is 0 Å². The van der Waals surface area contributed by atoms with Crippen LogP contribution in [-0.4, -0.2) is 4.40 Å². The van der Waals surface area contributed by atoms with Crippen LogP contribution in [-0.2, 0) is 19.4 Å². The van der Waals surface area contributed by atoms with Crippen molar-refractivity contribution in [3.05, 3.63) is 24.3 Å². The zero-order valence-electron chi connectivity index (χ0n) is 4.22. The van der Waals surface area contributed by atoms with Crippen molar-refractivity contribution in [3.63, 3.8) is 0 Å². The van der Waals surface area contributed by atoms with Gasteiger partial charge in [0, 0.05) is 0 Å². The fraction of sp³-hybridized carbons (Fsp3) is 0.167. The third-order valence-corrected chi connectivity index (χ3v) is 1.88. The maximum atomic E-state index is 5.09. The van der Waals surface area contributed by atoms with E-state index in [0.29, 0.717) is 0 Å². The molecule has 0 aromatic rings. The van der Waals surface area contributed by atoms with Gasteiger partial charge in [0.2, 0.25) is 0 Å². The van der Waals surface area contributed by atoms with E-state index < -0.39 is 0 Å². The monoisotopic (exact) mass is 263 g/mol. The molecular formula is C6H7W-. The Hall–Kier alpha value is 0.0383. The summed E-state index contributed by atoms with van der Waals surface area (Å²) in [4.78, 5) is 0. The second kappa shape index (κ2) is 4.20. The average Bonchev–Trinajstić information content (AvgIpc) is 1.68. The van der Waals surface area contributed by atoms with Gasteiger partial charge in [-0.1, -0.05) is 0 Å². The van der Waals surface area contributed by atoms with E-state index in [-0.39, 0.29) is 0 Å². The molecule has 0 N–H and O–H groups in total. The molecular weight excluding hydrogens is 256 g/mol. The van der Waals surface area contributed by atoms with Crippen LogP contribution in [0.4, 0.5) is 0 Å². The first-order valence-corrected chi connectivity index (χ1v) is 3.67. The Morgan fingerprint density at radius 3 is 2.43 bits per heavy atom. The molecule has 0 aliphatic carbocycles. The van der Waals surface area contributed by atoms with Crippen molar-refractivity contribution in [2.75, 3.05) is 0 Å². The van der Waals surface area contributed by atoms with Gasteiger partial charge in [0.1, 0.15) is 0 Å². The molecule has 0 radical (unpaired) electrons. The number of allylic oxidation sites excluding steroid dienone is 3. The molecule has 0 saturated carbocycles. The molecule has 0 aliphatic heterocycles. The second-order valence-corrected chi connectivity index (χ2v) is 2.07. The third-order valence-electron chi connectivity index (χ3n) is 0.545. The average molecular weight is 263 g/mol. The molecule has 0 unspecified atom stereocenters. The molecule has 0 fully saturated rings. The van der Waals surface area contributed by atoms with E-state index in [2.05, 4.69) is 4.40 Å². The van der Waals surface area contributed by atoms with Gasteiger partial charge in [-0.05, 0) is 0 Å². The Morgan fingerprint density at radius 2 is 2.29 bits per heavy atom. The van der Waals surface area contributed by atoms with Gasteiger partial charge in [-0.25, -0.2) is 0 Å². The summed E-state index contributed by atoms with van der Waals surface area (Å²) in [5.41, 5.74) is 1.23. The summed E-state index contributed by atoms with van der Waals surface area (Å²) in [6.07, 6.45) is 3.43. The van der Waals surface area contributed by atoms with E-state index >= 15 is 0 Å². The number of rotatable bonds is 2. The van der Waals surface area contributed by atoms with Crippen LogP contribution in [0.25, 0.3) is 0 Å². The van der Waals surface area contributed by atoms with Crippen molar-refractivity contribution in [1.29, 1.82) is 0 Å². The molecule has 0 nitrogen and oxygen atoms in total. The standard InChI is InChI=1S/C6H7.W/c1-4-5-6(2)3;/h1-2,4-5H,3H3;/q-1;. The third kappa shape index (κ3) is 3.88. The van der Waals surface area contributed by atoms with Crippen molar-refractivity contribution in [1.82, 2.24) is 0 Å². The van der Waals surface area contributed by atoms with Crippen molar-refractivity contribution in [2.45, 2.75) is 6.92 Å². The van der Waals surface area contributed by atoms with Crippen LogP contribution < -0.4 is 0 Å². The Morgan fingerprint density at radius 1 is 1.71 bits per heavy atom. The Balaban J connectivity index is 3.72. The van der Waals surface area contributed by atoms with Gasteiger partial charge in [0.25, 0.3) is 0 Å². The summed E-state index contributed by atoms with van der Waals surface area (Å²) in [5.74, 6) is 0. The van der Waals surface area contributed by atoms with Crippen molar-refractivity contribution < 1.29 is 19.4 Å². The number of hydrogen-bond acceptors (Lipinski definition) is 0. The molecule has 0 aliphatic rings. The molecule has 38 valence electrons. The van der Waals surface area contributed by atoms with Crippen LogP contribution in [0.15, 0.2) is 17.7 Å². The molecule has 0 aromatic carbocycles. The fourth-order valence-corrected chi connectivity index (χ4v) is 0.473. The van der Waals surface area contributed by atoms with E-state index in [1.165, 1.54) is 24.9 Å². The SMILES string of the molecule is [CH-]=CC=C(C)[CH]=[W]. The van der Waals surface area contributed by atoms with Crippen LogP contribution in [0, 0.1) is 6.58 Å². The molecule has 0 heterocycles. The van der Waals surface area contributed by atoms with Crippen LogP contribution in [0.5, 0.6) is 0 Å². The number of hydrogen-bond donors (Lipinski definition) is 0. The Kier molecular flexibility index (Phi) is 4.23. The zero-order valence-corrected chi connectivity index (χ0v) is 7.15. The van der Waals surface area contributed by atoms with E-state index in [4.69, 9.17) is 6.58 Å². The van der Waals surface area contributed by atoms with E-state index in [0.717, 1.165) is 0 Å². The van der Waals surface area contributed by atoms with Crippen molar-refractivity contribution in [2.24, 2.45) is 0 Å². The van der Waals surface area contributed by atoms with E-state index in [9.17, 15) is 0 Å². The summed E-state index contributed by atoms with van der Waals surface area (Å²) in [6, 6.07) is 0. The van der Waals surface area contributed by atoms with Gasteiger partial charge in [-0.3, -0.25) is 0 Å². The van der Waals surface area contributed by atoms with E-state index in [1.54, 1.807) is 6.08 Å². The van der Waals surface area contributed by atoms with Crippen LogP contribution in [0.2, 0.25) is 0 Å². The summed E-state index contributed by atoms with van der Waals surface area (Å²) >= 11 is 1.46. The van der Waals surface area contributed by atoms with Crippen LogP contribution >= 0.6 is 0 Å². The molecule has 0 rings (SSSR count). The predicted molar refractivity (Wildman–Crippen MR) is 28.7 cm³/mol. The Labute approximate surface area is 55.3 Å². The molecule has 0 amide bonds. The first-order valence-electron chi connectivity index (χ1n) is 1.98. The van der Waals surface area contributed by atoms with Gasteiger partial charge in [0.05, 0.1) is 0 Å². The fourth-order valence-electron chi connectivity index (χ4n) is 0.191. The van der Waals surface area contributed by atoms with Crippen LogP contribution in [0.1, 0.15) is 6.92 Å². The summed E-state index contributed by atoms with van der Waals surface area (Å²) in [7, 11) is 0. The summed E-state index contributed by atoms with van der Waals surface area (Å²) in [6.45, 7) is 7.12. The topological polar surface area (TPSA) is 0 Å². The summed E-state index contributed by atoms with van der Waals surface area (Å²) < 4.78 is 2.09. The zero-order chi connectivity index (χ0) is 5.70. The minimum absolute atomic E-state index is 1.23. The van der Waals surface area contributed by atoms with Crippen LogP contribution in [0.3, 0.4) is 0 Å². The van der Waals surface area contributed by atoms with Gasteiger partial charge >= 0.3 is 55.0 Å². The quantitative estimate of drug-likeness (QED) is 0.520. The van der Waals surface area contributed by atoms with E-state index in [1.807, 2.05) is 13.0 Å². The Bertz CT molecular complexity index is 101. The van der Waals surface area contributed by atoms with Gasteiger partial charge < -0.3 is 0 Å². The first-order chi connectivity index (χ1) is 3.31. The predicted octanol–water partition coefficient (Wildman–Crippen LogP) is 1.27. The second-order valence-electron chi connectivity index (χ2n) is 1.22. The molecule has 0 bridgehead atoms. The molecule has 0 spiro atoms. The van der Waals surface area contributed by atoms with Gasteiger partial charge in [0.15, 0.2) is 0 Å². The first kappa shape index (κ1) is 7.04. The van der Waals surface area contributed by atoms with Gasteiger partial charge in [-0.15, -0.1) is 0 Å². The molecule has 0 saturated heterocycles. The van der Waals surface area contributed by atoms with Gasteiger partial charge in [-0.2, -0.15) is 0 Å². The molecule has 0 atom stereocenters. The molecule has 0 aromatic heterocycles. The summed E-state index contributed by atoms with van der Waals surface area (Å²) in [5, 5.41) is 0. The molecule has 7 heavy (non-hydrogen) atoms. The van der Waals surface area contributed by atoms with Crippen molar-refractivity contribution >= 4 is 4.40 Å². The normalized spacial score (nSPS) is 10.7. The minimum atomic E-state index is 1.23. The maximum absolute atomic E-state index is 5.09.